The second-order valence-corrected chi connectivity index (χ2v) is 20.1. The predicted octanol–water partition coefficient (Wildman–Crippen LogP) is 6.64. The van der Waals surface area contributed by atoms with E-state index in [1.165, 1.54) is 21.6 Å². The van der Waals surface area contributed by atoms with Gasteiger partial charge in [-0.3, -0.25) is 29.4 Å². The van der Waals surface area contributed by atoms with Gasteiger partial charge in [-0.2, -0.15) is 0 Å². The number of carbonyl (C=O) groups is 6. The molecule has 6 rings (SSSR count). The summed E-state index contributed by atoms with van der Waals surface area (Å²) in [6.07, 6.45) is 5.52. The van der Waals surface area contributed by atoms with Crippen LogP contribution in [-0.2, 0) is 49.3 Å². The van der Waals surface area contributed by atoms with E-state index in [0.29, 0.717) is 35.8 Å². The third kappa shape index (κ3) is 11.2. The first-order valence-corrected chi connectivity index (χ1v) is 23.8. The van der Waals surface area contributed by atoms with Crippen LogP contribution in [0.1, 0.15) is 104 Å². The summed E-state index contributed by atoms with van der Waals surface area (Å²) in [6, 6.07) is 3.84. The number of esters is 1. The van der Waals surface area contributed by atoms with Crippen LogP contribution in [0.15, 0.2) is 35.9 Å². The van der Waals surface area contributed by atoms with Crippen LogP contribution < -0.4 is 10.2 Å². The van der Waals surface area contributed by atoms with E-state index in [4.69, 9.17) is 30.5 Å². The summed E-state index contributed by atoms with van der Waals surface area (Å²) in [5.41, 5.74) is 0.438. The van der Waals surface area contributed by atoms with Crippen molar-refractivity contribution < 1.29 is 52.8 Å². The number of ketones is 1. The van der Waals surface area contributed by atoms with Gasteiger partial charge < -0.3 is 29.0 Å². The van der Waals surface area contributed by atoms with E-state index in [1.807, 2.05) is 65.0 Å². The Morgan fingerprint density at radius 1 is 1.08 bits per heavy atom. The van der Waals surface area contributed by atoms with E-state index < -0.39 is 64.9 Å². The van der Waals surface area contributed by atoms with Crippen molar-refractivity contribution in [1.29, 1.82) is 0 Å². The third-order valence-corrected chi connectivity index (χ3v) is 15.4. The number of fused-ring (bicyclic) bond motifs is 5. The first-order chi connectivity index (χ1) is 29.7. The fourth-order valence-corrected chi connectivity index (χ4v) is 10.7. The largest absolute Gasteiger partial charge is 0.457 e. The van der Waals surface area contributed by atoms with Crippen molar-refractivity contribution in [3.8, 4) is 0 Å². The second kappa shape index (κ2) is 20.2. The van der Waals surface area contributed by atoms with Gasteiger partial charge in [0, 0.05) is 56.4 Å². The summed E-state index contributed by atoms with van der Waals surface area (Å²) in [5, 5.41) is 14.2. The van der Waals surface area contributed by atoms with Crippen molar-refractivity contribution in [3.05, 3.63) is 52.1 Å². The predicted molar refractivity (Wildman–Crippen MR) is 239 cm³/mol. The molecule has 4 bridgehead atoms. The Labute approximate surface area is 380 Å². The highest BCUT2D eigenvalue weighted by atomic mass is 35.5. The minimum Gasteiger partial charge on any atom is -0.457 e. The maximum atomic E-state index is 14.2. The van der Waals surface area contributed by atoms with Crippen LogP contribution in [0.25, 0.3) is 0 Å². The van der Waals surface area contributed by atoms with Crippen LogP contribution in [0.5, 0.6) is 0 Å². The van der Waals surface area contributed by atoms with Crippen LogP contribution in [0.2, 0.25) is 5.02 Å². The molecule has 0 spiro atoms. The number of anilines is 1. The lowest BCUT2D eigenvalue weighted by Crippen LogP contribution is -2.60. The van der Waals surface area contributed by atoms with E-state index in [1.54, 1.807) is 20.9 Å². The summed E-state index contributed by atoms with van der Waals surface area (Å²) in [4.78, 5) is 82.0. The fraction of sp³-hybridized carbons (Fsp3) is 0.660. The molecule has 4 amide bonds. The van der Waals surface area contributed by atoms with Crippen molar-refractivity contribution in [3.63, 3.8) is 0 Å². The SMILES string of the molecule is CCC(=O)C1CCC(CN2C(=O)CC(SCCO[C@@H](C)C(=O)O[C@H]3CC(=O)N(C)c4cc(cc(C)c4Cl)C/C(C)=C/C=C/[C@@H](C)[C@@]4(O)C[C@H](OC(=O)N4)[C@@H](C)[C@@H]4O[C@@]34C)C2=O)CC1. The number of allylic oxidation sites excluding steroid dienone is 3. The lowest BCUT2D eigenvalue weighted by molar-refractivity contribution is -0.165. The van der Waals surface area contributed by atoms with E-state index in [-0.39, 0.29) is 61.2 Å². The number of nitrogens with zero attached hydrogens (tertiary/aromatic N) is 2. The number of amides is 4. The third-order valence-electron chi connectivity index (χ3n) is 13.7. The molecule has 1 aromatic carbocycles. The summed E-state index contributed by atoms with van der Waals surface area (Å²) >= 11 is 8.12. The van der Waals surface area contributed by atoms with Gasteiger partial charge in [0.1, 0.15) is 29.3 Å². The molecule has 4 fully saturated rings. The van der Waals surface area contributed by atoms with Crippen molar-refractivity contribution in [2.24, 2.45) is 23.7 Å². The molecule has 1 aromatic rings. The minimum atomic E-state index is -1.62. The fourth-order valence-electron chi connectivity index (χ4n) is 9.46. The normalized spacial score (nSPS) is 34.6. The van der Waals surface area contributed by atoms with E-state index >= 15 is 0 Å². The number of likely N-dealkylation sites (tertiary alicyclic amines) is 1. The highest BCUT2D eigenvalue weighted by molar-refractivity contribution is 8.00. The quantitative estimate of drug-likeness (QED) is 0.105. The first-order valence-electron chi connectivity index (χ1n) is 22.3. The maximum Gasteiger partial charge on any atom is 0.409 e. The van der Waals surface area contributed by atoms with Crippen LogP contribution in [-0.4, -0.2) is 113 Å². The Kier molecular flexibility index (Phi) is 15.6. The topological polar surface area (TPSA) is 181 Å². The number of carbonyl (C=O) groups excluding carboxylic acids is 6. The molecule has 1 unspecified atom stereocenters. The average molecular weight is 915 g/mol. The molecule has 63 heavy (non-hydrogen) atoms. The maximum absolute atomic E-state index is 14.2. The monoisotopic (exact) mass is 913 g/mol. The number of aliphatic hydroxyl groups is 1. The number of benzene rings is 1. The molecular formula is C47H64ClN3O11S. The standard InChI is InChI=1S/C47H64ClN3O11S/c1-9-35(52)33-15-13-31(14-16-33)25-51-40(54)22-37(43(51)55)63-18-17-59-30(6)44(56)61-38-23-39(53)50(8)34-21-32(20-27(3)41(34)48)19-26(2)11-10-12-28(4)47(58)24-36(60-45(57)49-47)29(5)42-46(38,7)62-42/h10-12,20-21,28-31,33,36-38,42,58H,9,13-19,22-25H2,1-8H3,(H,49,57)/b12-10+,26-11+/t28-,29-,30+,31?,33?,36+,37?,38+,42+,46+,47+/m1/s1. The zero-order valence-corrected chi connectivity index (χ0v) is 39.4. The Morgan fingerprint density at radius 2 is 1.79 bits per heavy atom. The molecule has 5 aliphatic rings. The number of nitrogens with one attached hydrogen (secondary N) is 1. The molecule has 1 saturated carbocycles. The number of Topliss-reactive ketones (excluding diaryl/α,β-unsaturated/α-hetero) is 1. The van der Waals surface area contributed by atoms with Gasteiger partial charge in [0.05, 0.1) is 35.1 Å². The van der Waals surface area contributed by atoms with Gasteiger partial charge in [0.15, 0.2) is 6.10 Å². The number of imide groups is 1. The summed E-state index contributed by atoms with van der Waals surface area (Å²) in [5.74, 6) is -1.59. The van der Waals surface area contributed by atoms with Crippen molar-refractivity contribution in [2.75, 3.05) is 30.9 Å². The molecule has 0 radical (unpaired) electrons. The number of hydrogen-bond donors (Lipinski definition) is 2. The number of aryl methyl sites for hydroxylation is 1. The van der Waals surface area contributed by atoms with Gasteiger partial charge in [-0.15, -0.1) is 11.8 Å². The van der Waals surface area contributed by atoms with Crippen LogP contribution in [0.3, 0.4) is 0 Å². The van der Waals surface area contributed by atoms with Crippen LogP contribution in [0.4, 0.5) is 10.5 Å². The highest BCUT2D eigenvalue weighted by Gasteiger charge is 2.64. The molecule has 14 nitrogen and oxygen atoms in total. The van der Waals surface area contributed by atoms with Crippen LogP contribution in [0, 0.1) is 30.6 Å². The van der Waals surface area contributed by atoms with Gasteiger partial charge in [0.25, 0.3) is 0 Å². The molecule has 16 heteroatoms. The first kappa shape index (κ1) is 48.7. The second-order valence-electron chi connectivity index (χ2n) is 18.4. The van der Waals surface area contributed by atoms with E-state index in [9.17, 15) is 33.9 Å². The number of hydrogen-bond acceptors (Lipinski definition) is 12. The van der Waals surface area contributed by atoms with E-state index in [0.717, 1.165) is 42.4 Å². The number of halogens is 1. The molecule has 1 aliphatic carbocycles. The number of ether oxygens (including phenoxy) is 4. The lowest BCUT2D eigenvalue weighted by atomic mass is 9.79. The molecule has 0 aromatic heterocycles. The van der Waals surface area contributed by atoms with Gasteiger partial charge in [0.2, 0.25) is 17.7 Å². The minimum absolute atomic E-state index is 0.0600. The lowest BCUT2D eigenvalue weighted by Gasteiger charge is -2.41. The Bertz CT molecular complexity index is 2000. The highest BCUT2D eigenvalue weighted by Crippen LogP contribution is 2.49. The summed E-state index contributed by atoms with van der Waals surface area (Å²) < 4.78 is 24.0. The molecule has 9 atom stereocenters. The Hall–Kier alpha value is -3.76. The van der Waals surface area contributed by atoms with Gasteiger partial charge in [-0.05, 0) is 82.9 Å². The number of epoxide rings is 1. The Morgan fingerprint density at radius 3 is 2.49 bits per heavy atom. The molecule has 346 valence electrons. The number of thioether (sulfide) groups is 1. The number of rotatable bonds is 11. The van der Waals surface area contributed by atoms with Crippen molar-refractivity contribution in [1.82, 2.24) is 10.2 Å². The van der Waals surface area contributed by atoms with Gasteiger partial charge in [-0.1, -0.05) is 62.2 Å². The van der Waals surface area contributed by atoms with Gasteiger partial charge >= 0.3 is 12.1 Å². The smallest absolute Gasteiger partial charge is 0.409 e. The van der Waals surface area contributed by atoms with Crippen molar-refractivity contribution in [2.45, 2.75) is 147 Å². The zero-order chi connectivity index (χ0) is 46.0. The van der Waals surface area contributed by atoms with E-state index in [2.05, 4.69) is 5.32 Å². The Balaban J connectivity index is 1.12. The van der Waals surface area contributed by atoms with Gasteiger partial charge in [-0.25, -0.2) is 9.59 Å². The molecular weight excluding hydrogens is 850 g/mol. The zero-order valence-electron chi connectivity index (χ0n) is 37.8. The summed E-state index contributed by atoms with van der Waals surface area (Å²) in [7, 11) is 1.62. The summed E-state index contributed by atoms with van der Waals surface area (Å²) in [6.45, 7) is 13.2. The van der Waals surface area contributed by atoms with Crippen LogP contribution >= 0.6 is 23.4 Å². The van der Waals surface area contributed by atoms with Crippen molar-refractivity contribution >= 4 is 64.6 Å². The molecule has 2 N–H and O–H groups in total. The number of alkyl carbamates (subject to hydrolysis) is 1. The molecule has 4 heterocycles. The molecule has 3 saturated heterocycles. The molecule has 4 aliphatic heterocycles. The average Bonchev–Trinajstić information content (AvgIpc) is 3.87.